The number of nitrogens with zero attached hydrogens (tertiary/aromatic N) is 4. The summed E-state index contributed by atoms with van der Waals surface area (Å²) in [5.74, 6) is -0.802. The molecule has 18 heavy (non-hydrogen) atoms. The topological polar surface area (TPSA) is 71.2 Å². The Labute approximate surface area is 110 Å². The van der Waals surface area contributed by atoms with Gasteiger partial charge in [0.05, 0.1) is 5.75 Å². The van der Waals surface area contributed by atoms with Crippen LogP contribution in [0.25, 0.3) is 0 Å². The summed E-state index contributed by atoms with van der Waals surface area (Å²) in [6.45, 7) is 1.97. The van der Waals surface area contributed by atoms with E-state index in [1.165, 1.54) is 31.0 Å². The molecule has 2 heterocycles. The number of aliphatic carboxylic acids is 1. The van der Waals surface area contributed by atoms with Crippen LogP contribution in [0.3, 0.4) is 0 Å². The molecule has 1 saturated heterocycles. The van der Waals surface area contributed by atoms with Crippen molar-refractivity contribution in [3.63, 3.8) is 0 Å². The number of carboxylic acids is 1. The molecule has 2 rings (SSSR count). The summed E-state index contributed by atoms with van der Waals surface area (Å²) in [6.07, 6.45) is 5.38. The SMILES string of the molecule is CN1CCCCC1Cn1cnnc1SCC(=O)O. The molecule has 0 radical (unpaired) electrons. The van der Waals surface area contributed by atoms with Crippen molar-refractivity contribution in [3.8, 4) is 0 Å². The van der Waals surface area contributed by atoms with E-state index in [9.17, 15) is 4.79 Å². The number of likely N-dealkylation sites (tertiary alicyclic amines) is 1. The number of carbonyl (C=O) groups is 1. The van der Waals surface area contributed by atoms with Crippen LogP contribution in [-0.4, -0.2) is 56.1 Å². The molecule has 1 aromatic rings. The molecular weight excluding hydrogens is 252 g/mol. The molecular formula is C11H18N4O2S. The smallest absolute Gasteiger partial charge is 0.313 e. The molecule has 1 atom stereocenters. The molecule has 0 aliphatic carbocycles. The van der Waals surface area contributed by atoms with Gasteiger partial charge in [-0.15, -0.1) is 10.2 Å². The van der Waals surface area contributed by atoms with Gasteiger partial charge >= 0.3 is 5.97 Å². The summed E-state index contributed by atoms with van der Waals surface area (Å²) in [5, 5.41) is 17.2. The molecule has 0 amide bonds. The van der Waals surface area contributed by atoms with E-state index in [1.54, 1.807) is 6.33 Å². The summed E-state index contributed by atoms with van der Waals surface area (Å²) in [7, 11) is 2.14. The zero-order valence-electron chi connectivity index (χ0n) is 10.4. The Morgan fingerprint density at radius 2 is 2.44 bits per heavy atom. The fourth-order valence-electron chi connectivity index (χ4n) is 2.21. The molecule has 1 aliphatic rings. The van der Waals surface area contributed by atoms with Crippen molar-refractivity contribution in [1.29, 1.82) is 0 Å². The van der Waals surface area contributed by atoms with Gasteiger partial charge in [0, 0.05) is 12.6 Å². The van der Waals surface area contributed by atoms with Crippen molar-refractivity contribution >= 4 is 17.7 Å². The van der Waals surface area contributed by atoms with E-state index in [2.05, 4.69) is 22.1 Å². The van der Waals surface area contributed by atoms with Crippen LogP contribution in [0.4, 0.5) is 0 Å². The van der Waals surface area contributed by atoms with Crippen molar-refractivity contribution in [2.45, 2.75) is 37.0 Å². The van der Waals surface area contributed by atoms with Crippen molar-refractivity contribution in [2.24, 2.45) is 0 Å². The molecule has 7 heteroatoms. The highest BCUT2D eigenvalue weighted by Crippen LogP contribution is 2.20. The van der Waals surface area contributed by atoms with Gasteiger partial charge < -0.3 is 14.6 Å². The van der Waals surface area contributed by atoms with Crippen LogP contribution >= 0.6 is 11.8 Å². The Morgan fingerprint density at radius 1 is 1.61 bits per heavy atom. The summed E-state index contributed by atoms with van der Waals surface area (Å²) in [6, 6.07) is 0.499. The van der Waals surface area contributed by atoms with Crippen LogP contribution in [0.1, 0.15) is 19.3 Å². The summed E-state index contributed by atoms with van der Waals surface area (Å²) in [4.78, 5) is 12.9. The van der Waals surface area contributed by atoms with Crippen LogP contribution in [-0.2, 0) is 11.3 Å². The second-order valence-corrected chi connectivity index (χ2v) is 5.52. The van der Waals surface area contributed by atoms with Crippen LogP contribution in [0, 0.1) is 0 Å². The number of carboxylic acid groups (broad SMARTS) is 1. The average Bonchev–Trinajstić information content (AvgIpc) is 2.77. The van der Waals surface area contributed by atoms with Gasteiger partial charge in [-0.05, 0) is 26.4 Å². The fraction of sp³-hybridized carbons (Fsp3) is 0.727. The summed E-state index contributed by atoms with van der Waals surface area (Å²) in [5.41, 5.74) is 0. The first kappa shape index (κ1) is 13.4. The van der Waals surface area contributed by atoms with Gasteiger partial charge in [-0.25, -0.2) is 0 Å². The number of hydrogen-bond donors (Lipinski definition) is 1. The lowest BCUT2D eigenvalue weighted by atomic mass is 10.0. The highest BCUT2D eigenvalue weighted by molar-refractivity contribution is 7.99. The summed E-state index contributed by atoms with van der Waals surface area (Å²) < 4.78 is 1.96. The minimum absolute atomic E-state index is 0.0270. The lowest BCUT2D eigenvalue weighted by Gasteiger charge is -2.32. The largest absolute Gasteiger partial charge is 0.481 e. The van der Waals surface area contributed by atoms with Crippen molar-refractivity contribution < 1.29 is 9.90 Å². The second-order valence-electron chi connectivity index (χ2n) is 4.58. The third-order valence-electron chi connectivity index (χ3n) is 3.23. The van der Waals surface area contributed by atoms with Gasteiger partial charge in [0.25, 0.3) is 0 Å². The Bertz CT molecular complexity index is 410. The van der Waals surface area contributed by atoms with E-state index in [0.717, 1.165) is 13.1 Å². The molecule has 1 N–H and O–H groups in total. The first-order valence-electron chi connectivity index (χ1n) is 6.09. The molecule has 1 fully saturated rings. The first-order valence-corrected chi connectivity index (χ1v) is 7.08. The monoisotopic (exact) mass is 270 g/mol. The molecule has 0 aromatic carbocycles. The van der Waals surface area contributed by atoms with Crippen LogP contribution in [0.15, 0.2) is 11.5 Å². The molecule has 1 unspecified atom stereocenters. The van der Waals surface area contributed by atoms with Gasteiger partial charge in [-0.1, -0.05) is 18.2 Å². The van der Waals surface area contributed by atoms with Gasteiger partial charge in [0.15, 0.2) is 5.16 Å². The Kier molecular flexibility index (Phi) is 4.60. The standard InChI is InChI=1S/C11H18N4O2S/c1-14-5-3-2-4-9(14)6-15-8-12-13-11(15)18-7-10(16)17/h8-9H,2-7H2,1H3,(H,16,17). The number of hydrogen-bond acceptors (Lipinski definition) is 5. The maximum atomic E-state index is 10.6. The number of aromatic nitrogens is 3. The van der Waals surface area contributed by atoms with E-state index >= 15 is 0 Å². The minimum Gasteiger partial charge on any atom is -0.481 e. The third kappa shape index (κ3) is 3.46. The number of piperidine rings is 1. The average molecular weight is 270 g/mol. The summed E-state index contributed by atoms with van der Waals surface area (Å²) >= 11 is 1.22. The predicted octanol–water partition coefficient (Wildman–Crippen LogP) is 0.939. The van der Waals surface area contributed by atoms with Gasteiger partial charge in [0.1, 0.15) is 6.33 Å². The van der Waals surface area contributed by atoms with Crippen LogP contribution in [0.5, 0.6) is 0 Å². The Morgan fingerprint density at radius 3 is 3.17 bits per heavy atom. The Hall–Kier alpha value is -1.08. The van der Waals surface area contributed by atoms with Crippen molar-refractivity contribution in [1.82, 2.24) is 19.7 Å². The third-order valence-corrected chi connectivity index (χ3v) is 4.20. The maximum absolute atomic E-state index is 10.6. The molecule has 0 bridgehead atoms. The van der Waals surface area contributed by atoms with E-state index in [1.807, 2.05) is 4.57 Å². The maximum Gasteiger partial charge on any atom is 0.313 e. The normalized spacial score (nSPS) is 21.1. The molecule has 0 spiro atoms. The molecule has 1 aromatic heterocycles. The lowest BCUT2D eigenvalue weighted by molar-refractivity contribution is -0.133. The molecule has 100 valence electrons. The predicted molar refractivity (Wildman–Crippen MR) is 68.7 cm³/mol. The highest BCUT2D eigenvalue weighted by atomic mass is 32.2. The van der Waals surface area contributed by atoms with Gasteiger partial charge in [0.2, 0.25) is 0 Å². The number of thioether (sulfide) groups is 1. The number of rotatable bonds is 5. The quantitative estimate of drug-likeness (QED) is 0.803. The molecule has 1 aliphatic heterocycles. The van der Waals surface area contributed by atoms with Gasteiger partial charge in [-0.3, -0.25) is 4.79 Å². The van der Waals surface area contributed by atoms with E-state index in [4.69, 9.17) is 5.11 Å². The van der Waals surface area contributed by atoms with Crippen molar-refractivity contribution in [2.75, 3.05) is 19.3 Å². The second kappa shape index (κ2) is 6.19. The van der Waals surface area contributed by atoms with Crippen LogP contribution in [0.2, 0.25) is 0 Å². The zero-order chi connectivity index (χ0) is 13.0. The highest BCUT2D eigenvalue weighted by Gasteiger charge is 2.20. The van der Waals surface area contributed by atoms with Gasteiger partial charge in [-0.2, -0.15) is 0 Å². The van der Waals surface area contributed by atoms with E-state index in [0.29, 0.717) is 11.2 Å². The minimum atomic E-state index is -0.829. The van der Waals surface area contributed by atoms with Crippen LogP contribution < -0.4 is 0 Å². The van der Waals surface area contributed by atoms with E-state index < -0.39 is 5.97 Å². The van der Waals surface area contributed by atoms with Crippen molar-refractivity contribution in [3.05, 3.63) is 6.33 Å². The first-order chi connectivity index (χ1) is 8.66. The lowest BCUT2D eigenvalue weighted by Crippen LogP contribution is -2.39. The van der Waals surface area contributed by atoms with E-state index in [-0.39, 0.29) is 5.75 Å². The number of likely N-dealkylation sites (N-methyl/N-ethyl adjacent to an activating group) is 1. The fourth-order valence-corrected chi connectivity index (χ4v) is 2.85. The molecule has 0 saturated carbocycles. The Balaban J connectivity index is 1.96. The molecule has 6 nitrogen and oxygen atoms in total. The zero-order valence-corrected chi connectivity index (χ0v) is 11.3.